The number of likely N-dealkylation sites (N-methyl/N-ethyl adjacent to an activating group) is 1. The molecule has 0 fully saturated rings. The van der Waals surface area contributed by atoms with Crippen LogP contribution in [0.3, 0.4) is 0 Å². The summed E-state index contributed by atoms with van der Waals surface area (Å²) in [4.78, 5) is 11.5. The Bertz CT molecular complexity index is 677. The molecule has 21 heavy (non-hydrogen) atoms. The van der Waals surface area contributed by atoms with Crippen LogP contribution in [0.15, 0.2) is 41.8 Å². The first-order chi connectivity index (χ1) is 10.1. The van der Waals surface area contributed by atoms with Crippen molar-refractivity contribution in [2.75, 3.05) is 25.5 Å². The van der Waals surface area contributed by atoms with E-state index in [1.54, 1.807) is 7.05 Å². The summed E-state index contributed by atoms with van der Waals surface area (Å²) in [6.45, 7) is 0.769. The quantitative estimate of drug-likeness (QED) is 0.623. The lowest BCUT2D eigenvalue weighted by molar-refractivity contribution is 0.569. The van der Waals surface area contributed by atoms with Gasteiger partial charge >= 0.3 is 0 Å². The molecule has 3 N–H and O–H groups in total. The summed E-state index contributed by atoms with van der Waals surface area (Å²) in [5.74, 6) is 0.171. The molecular weight excluding hydrogens is 292 g/mol. The van der Waals surface area contributed by atoms with Gasteiger partial charge in [0.2, 0.25) is 5.95 Å². The van der Waals surface area contributed by atoms with Crippen molar-refractivity contribution in [1.82, 2.24) is 25.0 Å². The first-order valence-electron chi connectivity index (χ1n) is 6.27. The van der Waals surface area contributed by atoms with E-state index in [2.05, 4.69) is 30.3 Å². The number of nitrogens with zero attached hydrogens (tertiary/aromatic N) is 3. The van der Waals surface area contributed by atoms with Crippen LogP contribution in [0, 0.1) is 0 Å². The molecule has 0 atom stereocenters. The summed E-state index contributed by atoms with van der Waals surface area (Å²) in [6.07, 6.45) is 1.16. The Labute approximate surface area is 123 Å². The molecule has 0 saturated heterocycles. The second-order valence-electron chi connectivity index (χ2n) is 4.08. The first kappa shape index (κ1) is 15.3. The third kappa shape index (κ3) is 4.45. The maximum absolute atomic E-state index is 12.0. The molecule has 0 aliphatic heterocycles. The number of aromatic nitrogens is 3. The maximum Gasteiger partial charge on any atom is 0.276 e. The number of nitrogens with one attached hydrogen (secondary N) is 3. The molecule has 0 saturated carbocycles. The molecule has 0 aliphatic carbocycles. The lowest BCUT2D eigenvalue weighted by atomic mass is 10.3. The van der Waals surface area contributed by atoms with E-state index in [-0.39, 0.29) is 17.6 Å². The highest BCUT2D eigenvalue weighted by molar-refractivity contribution is 7.89. The smallest absolute Gasteiger partial charge is 0.276 e. The van der Waals surface area contributed by atoms with Crippen molar-refractivity contribution in [2.24, 2.45) is 0 Å². The van der Waals surface area contributed by atoms with Crippen molar-refractivity contribution < 1.29 is 8.42 Å². The summed E-state index contributed by atoms with van der Waals surface area (Å²) in [7, 11) is -2.00. The predicted octanol–water partition coefficient (Wildman–Crippen LogP) is 0.113. The molecule has 9 heteroatoms. The monoisotopic (exact) mass is 308 g/mol. The Morgan fingerprint density at radius 1 is 1.10 bits per heavy atom. The molecule has 0 bridgehead atoms. The Kier molecular flexibility index (Phi) is 5.14. The van der Waals surface area contributed by atoms with Gasteiger partial charge in [-0.3, -0.25) is 0 Å². The van der Waals surface area contributed by atoms with Crippen molar-refractivity contribution in [3.8, 4) is 0 Å². The number of sulfonamides is 1. The number of rotatable bonds is 7. The normalized spacial score (nSPS) is 11.3. The minimum atomic E-state index is -3.74. The molecule has 2 aromatic rings. The third-order valence-electron chi connectivity index (χ3n) is 2.49. The highest BCUT2D eigenvalue weighted by Crippen LogP contribution is 2.12. The zero-order chi connectivity index (χ0) is 15.1. The van der Waals surface area contributed by atoms with Crippen LogP contribution in [0.2, 0.25) is 0 Å². The van der Waals surface area contributed by atoms with Gasteiger partial charge in [-0.05, 0) is 19.2 Å². The lowest BCUT2D eigenvalue weighted by Crippen LogP contribution is -2.31. The fraction of sp³-hybridized carbons (Fsp3) is 0.250. The summed E-state index contributed by atoms with van der Waals surface area (Å²) in [6, 6.07) is 9.22. The van der Waals surface area contributed by atoms with Crippen LogP contribution >= 0.6 is 0 Å². The molecule has 8 nitrogen and oxygen atoms in total. The van der Waals surface area contributed by atoms with Crippen LogP contribution in [0.25, 0.3) is 0 Å². The summed E-state index contributed by atoms with van der Waals surface area (Å²) < 4.78 is 26.4. The van der Waals surface area contributed by atoms with Gasteiger partial charge in [-0.1, -0.05) is 18.2 Å². The van der Waals surface area contributed by atoms with Crippen molar-refractivity contribution in [2.45, 2.75) is 5.16 Å². The van der Waals surface area contributed by atoms with Crippen LogP contribution in [-0.2, 0) is 10.0 Å². The van der Waals surface area contributed by atoms with Gasteiger partial charge in [0.25, 0.3) is 15.2 Å². The van der Waals surface area contributed by atoms with E-state index >= 15 is 0 Å². The fourth-order valence-electron chi connectivity index (χ4n) is 1.50. The van der Waals surface area contributed by atoms with Crippen LogP contribution in [0.4, 0.5) is 11.6 Å². The maximum atomic E-state index is 12.0. The number of hydrogen-bond acceptors (Lipinski definition) is 7. The van der Waals surface area contributed by atoms with Crippen LogP contribution in [-0.4, -0.2) is 43.5 Å². The van der Waals surface area contributed by atoms with Gasteiger partial charge in [-0.25, -0.2) is 23.1 Å². The van der Waals surface area contributed by atoms with E-state index in [0.717, 1.165) is 12.0 Å². The molecule has 0 radical (unpaired) electrons. The molecule has 2 rings (SSSR count). The molecule has 0 amide bonds. The first-order valence-corrected chi connectivity index (χ1v) is 7.75. The Morgan fingerprint density at radius 2 is 1.86 bits per heavy atom. The average molecular weight is 308 g/mol. The minimum Gasteiger partial charge on any atom is -0.324 e. The van der Waals surface area contributed by atoms with Crippen molar-refractivity contribution in [3.63, 3.8) is 0 Å². The Balaban J connectivity index is 2.14. The van der Waals surface area contributed by atoms with Crippen molar-refractivity contribution in [1.29, 1.82) is 0 Å². The third-order valence-corrected chi connectivity index (χ3v) is 3.75. The van der Waals surface area contributed by atoms with Crippen molar-refractivity contribution in [3.05, 3.63) is 36.7 Å². The van der Waals surface area contributed by atoms with E-state index in [4.69, 9.17) is 0 Å². The number of anilines is 2. The molecule has 0 unspecified atom stereocenters. The Morgan fingerprint density at radius 3 is 2.57 bits per heavy atom. The molecule has 1 aromatic carbocycles. The molecule has 1 aromatic heterocycles. The van der Waals surface area contributed by atoms with Gasteiger partial charge in [0.1, 0.15) is 6.33 Å². The second-order valence-corrected chi connectivity index (χ2v) is 5.74. The zero-order valence-corrected chi connectivity index (χ0v) is 12.3. The standard InChI is InChI=1S/C12H16N6O2S/c1-13-7-8-16-21(19,20)12-15-9-14-11(18-12)17-10-5-3-2-4-6-10/h2-6,9,13,16H,7-8H2,1H3,(H,14,15,17,18). The van der Waals surface area contributed by atoms with Gasteiger partial charge in [0, 0.05) is 18.8 Å². The Hall–Kier alpha value is -2.10. The predicted molar refractivity (Wildman–Crippen MR) is 78.7 cm³/mol. The number of para-hydroxylation sites is 1. The van der Waals surface area contributed by atoms with E-state index in [0.29, 0.717) is 6.54 Å². The summed E-state index contributed by atoms with van der Waals surface area (Å²) in [5, 5.41) is 5.45. The number of benzene rings is 1. The van der Waals surface area contributed by atoms with Gasteiger partial charge in [-0.2, -0.15) is 4.98 Å². The molecule has 0 aliphatic rings. The average Bonchev–Trinajstić information content (AvgIpc) is 2.49. The van der Waals surface area contributed by atoms with Gasteiger partial charge in [-0.15, -0.1) is 0 Å². The van der Waals surface area contributed by atoms with E-state index in [9.17, 15) is 8.42 Å². The van der Waals surface area contributed by atoms with Crippen LogP contribution in [0.5, 0.6) is 0 Å². The largest absolute Gasteiger partial charge is 0.324 e. The van der Waals surface area contributed by atoms with E-state index < -0.39 is 10.0 Å². The molecule has 112 valence electrons. The SMILES string of the molecule is CNCCNS(=O)(=O)c1ncnc(Nc2ccccc2)n1. The summed E-state index contributed by atoms with van der Waals surface area (Å²) >= 11 is 0. The number of hydrogen-bond donors (Lipinski definition) is 3. The fourth-order valence-corrected chi connectivity index (χ4v) is 2.39. The lowest BCUT2D eigenvalue weighted by Gasteiger charge is -2.07. The van der Waals surface area contributed by atoms with Crippen LogP contribution < -0.4 is 15.4 Å². The minimum absolute atomic E-state index is 0.171. The summed E-state index contributed by atoms with van der Waals surface area (Å²) in [5.41, 5.74) is 0.759. The molecule has 1 heterocycles. The highest BCUT2D eigenvalue weighted by atomic mass is 32.2. The highest BCUT2D eigenvalue weighted by Gasteiger charge is 2.17. The van der Waals surface area contributed by atoms with E-state index in [1.165, 1.54) is 0 Å². The van der Waals surface area contributed by atoms with Crippen LogP contribution in [0.1, 0.15) is 0 Å². The molecule has 0 spiro atoms. The zero-order valence-electron chi connectivity index (χ0n) is 11.4. The van der Waals surface area contributed by atoms with Gasteiger partial charge in [0.15, 0.2) is 0 Å². The van der Waals surface area contributed by atoms with Gasteiger partial charge in [0.05, 0.1) is 0 Å². The topological polar surface area (TPSA) is 109 Å². The van der Waals surface area contributed by atoms with Gasteiger partial charge < -0.3 is 10.6 Å². The molecular formula is C12H16N6O2S. The van der Waals surface area contributed by atoms with Crippen molar-refractivity contribution >= 4 is 21.7 Å². The van der Waals surface area contributed by atoms with E-state index in [1.807, 2.05) is 30.3 Å². The second kappa shape index (κ2) is 7.07.